The van der Waals surface area contributed by atoms with Crippen LogP contribution in [-0.2, 0) is 6.54 Å². The molecule has 0 amide bonds. The van der Waals surface area contributed by atoms with Crippen LogP contribution in [0, 0.1) is 0 Å². The van der Waals surface area contributed by atoms with E-state index in [9.17, 15) is 9.90 Å². The summed E-state index contributed by atoms with van der Waals surface area (Å²) >= 11 is 0. The number of nitrogens with zero attached hydrogens (tertiary/aromatic N) is 5. The van der Waals surface area contributed by atoms with Crippen molar-refractivity contribution in [3.63, 3.8) is 0 Å². The van der Waals surface area contributed by atoms with E-state index in [1.165, 1.54) is 18.7 Å². The van der Waals surface area contributed by atoms with Crippen LogP contribution in [0.2, 0.25) is 0 Å². The van der Waals surface area contributed by atoms with E-state index >= 15 is 0 Å². The van der Waals surface area contributed by atoms with Crippen LogP contribution >= 0.6 is 0 Å². The summed E-state index contributed by atoms with van der Waals surface area (Å²) in [5.41, 5.74) is 0.447. The van der Waals surface area contributed by atoms with Gasteiger partial charge in [0.15, 0.2) is 5.76 Å². The first kappa shape index (κ1) is 18.2. The van der Waals surface area contributed by atoms with Crippen LogP contribution in [0.1, 0.15) is 10.4 Å². The number of carboxylic acids is 1. The van der Waals surface area contributed by atoms with Crippen molar-refractivity contribution < 1.29 is 23.8 Å². The van der Waals surface area contributed by atoms with E-state index in [-0.39, 0.29) is 29.8 Å². The number of para-hydroxylation sites is 1. The maximum Gasteiger partial charge on any atom is 0.339 e. The second-order valence-corrected chi connectivity index (χ2v) is 5.76. The molecule has 1 aromatic carbocycles. The molecule has 0 atom stereocenters. The zero-order valence-corrected chi connectivity index (χ0v) is 15.0. The Morgan fingerprint density at radius 2 is 2.07 bits per heavy atom. The lowest BCUT2D eigenvalue weighted by atomic mass is 10.2. The van der Waals surface area contributed by atoms with E-state index in [0.29, 0.717) is 18.0 Å². The van der Waals surface area contributed by atoms with Gasteiger partial charge in [0.1, 0.15) is 36.3 Å². The maximum atomic E-state index is 11.4. The fourth-order valence-electron chi connectivity index (χ4n) is 2.49. The monoisotopic (exact) mass is 393 g/mol. The van der Waals surface area contributed by atoms with Crippen molar-refractivity contribution in [1.29, 1.82) is 0 Å². The molecule has 0 unspecified atom stereocenters. The van der Waals surface area contributed by atoms with Gasteiger partial charge in [-0.3, -0.25) is 0 Å². The molecule has 29 heavy (non-hydrogen) atoms. The molecule has 10 heteroatoms. The van der Waals surface area contributed by atoms with Gasteiger partial charge in [-0.15, -0.1) is 0 Å². The Hall–Kier alpha value is -4.21. The Labute approximate surface area is 164 Å². The summed E-state index contributed by atoms with van der Waals surface area (Å²) in [6.07, 6.45) is 4.52. The van der Waals surface area contributed by atoms with Crippen molar-refractivity contribution in [3.8, 4) is 29.1 Å². The molecule has 0 fully saturated rings. The molecule has 0 bridgehead atoms. The zero-order valence-electron chi connectivity index (χ0n) is 15.0. The van der Waals surface area contributed by atoms with Gasteiger partial charge < -0.3 is 19.0 Å². The molecule has 0 aliphatic heterocycles. The minimum absolute atomic E-state index is 0.0133. The number of hydrogen-bond donors (Lipinski definition) is 1. The largest absolute Gasteiger partial charge is 0.478 e. The molecule has 0 saturated heterocycles. The number of carboxylic acid groups (broad SMARTS) is 1. The Bertz CT molecular complexity index is 1100. The molecule has 3 aromatic heterocycles. The van der Waals surface area contributed by atoms with E-state index in [2.05, 4.69) is 20.1 Å². The van der Waals surface area contributed by atoms with E-state index in [4.69, 9.17) is 13.9 Å². The summed E-state index contributed by atoms with van der Waals surface area (Å²) in [6, 6.07) is 11.3. The molecule has 1 N–H and O–H groups in total. The predicted octanol–water partition coefficient (Wildman–Crippen LogP) is 2.90. The third-order valence-corrected chi connectivity index (χ3v) is 3.81. The summed E-state index contributed by atoms with van der Waals surface area (Å²) < 4.78 is 18.3. The molecule has 146 valence electrons. The number of rotatable bonds is 8. The van der Waals surface area contributed by atoms with E-state index in [0.717, 1.165) is 0 Å². The molecular formula is C19H15N5O5. The van der Waals surface area contributed by atoms with Crippen LogP contribution in [0.4, 0.5) is 0 Å². The highest BCUT2D eigenvalue weighted by Gasteiger charge is 2.15. The van der Waals surface area contributed by atoms with Crippen LogP contribution < -0.4 is 9.47 Å². The minimum Gasteiger partial charge on any atom is -0.478 e. The average Bonchev–Trinajstić information content (AvgIpc) is 3.42. The third kappa shape index (κ3) is 4.38. The number of hydrogen-bond acceptors (Lipinski definition) is 8. The van der Waals surface area contributed by atoms with Gasteiger partial charge in [0.25, 0.3) is 0 Å². The summed E-state index contributed by atoms with van der Waals surface area (Å²) in [5, 5.41) is 13.3. The minimum atomic E-state index is -1.11. The van der Waals surface area contributed by atoms with Crippen LogP contribution in [0.15, 0.2) is 65.8 Å². The van der Waals surface area contributed by atoms with Gasteiger partial charge >= 0.3 is 12.0 Å². The predicted molar refractivity (Wildman–Crippen MR) is 98.7 cm³/mol. The lowest BCUT2D eigenvalue weighted by Crippen LogP contribution is -2.10. The first-order valence-electron chi connectivity index (χ1n) is 8.57. The fraction of sp³-hybridized carbons (Fsp3) is 0.105. The Morgan fingerprint density at radius 1 is 1.17 bits per heavy atom. The number of aromatic carboxylic acids is 1. The molecule has 0 aliphatic rings. The summed E-state index contributed by atoms with van der Waals surface area (Å²) in [5.74, 6) is -0.344. The maximum absolute atomic E-state index is 11.4. The van der Waals surface area contributed by atoms with Gasteiger partial charge in [0.05, 0.1) is 12.8 Å². The van der Waals surface area contributed by atoms with Crippen molar-refractivity contribution in [2.45, 2.75) is 6.54 Å². The number of benzene rings is 1. The molecule has 0 aliphatic carbocycles. The molecule has 0 saturated carbocycles. The normalized spacial score (nSPS) is 10.6. The Morgan fingerprint density at radius 3 is 2.83 bits per heavy atom. The van der Waals surface area contributed by atoms with Crippen molar-refractivity contribution in [2.75, 3.05) is 6.61 Å². The fourth-order valence-corrected chi connectivity index (χ4v) is 2.49. The molecular weight excluding hydrogens is 378 g/mol. The van der Waals surface area contributed by atoms with Crippen LogP contribution in [-0.4, -0.2) is 42.4 Å². The first-order valence-corrected chi connectivity index (χ1v) is 8.57. The van der Waals surface area contributed by atoms with Gasteiger partial charge in [0, 0.05) is 6.07 Å². The van der Waals surface area contributed by atoms with Crippen molar-refractivity contribution in [2.24, 2.45) is 0 Å². The molecule has 10 nitrogen and oxygen atoms in total. The van der Waals surface area contributed by atoms with Gasteiger partial charge in [-0.2, -0.15) is 15.1 Å². The quantitative estimate of drug-likeness (QED) is 0.481. The molecule has 4 rings (SSSR count). The second kappa shape index (κ2) is 8.21. The second-order valence-electron chi connectivity index (χ2n) is 5.76. The molecule has 0 radical (unpaired) electrons. The lowest BCUT2D eigenvalue weighted by Gasteiger charge is -2.11. The van der Waals surface area contributed by atoms with Gasteiger partial charge in [-0.1, -0.05) is 12.1 Å². The van der Waals surface area contributed by atoms with Crippen LogP contribution in [0.25, 0.3) is 11.5 Å². The summed E-state index contributed by atoms with van der Waals surface area (Å²) in [7, 11) is 0. The first-order chi connectivity index (χ1) is 14.2. The van der Waals surface area contributed by atoms with Gasteiger partial charge in [-0.05, 0) is 24.3 Å². The smallest absolute Gasteiger partial charge is 0.339 e. The SMILES string of the molecule is O=C(O)c1ccccc1Oc1cc(-c2ccco2)nc(OCCn2cncn2)n1. The van der Waals surface area contributed by atoms with Crippen LogP contribution in [0.3, 0.4) is 0 Å². The standard InChI is InChI=1S/C19H15N5O5/c25-18(26)13-4-1-2-5-15(13)29-17-10-14(16-6-3-8-27-16)22-19(23-17)28-9-7-24-12-20-11-21-24/h1-6,8,10-12H,7,9H2,(H,25,26). The van der Waals surface area contributed by atoms with Gasteiger partial charge in [-0.25, -0.2) is 14.5 Å². The summed E-state index contributed by atoms with van der Waals surface area (Å²) in [4.78, 5) is 23.8. The lowest BCUT2D eigenvalue weighted by molar-refractivity contribution is 0.0694. The highest BCUT2D eigenvalue weighted by atomic mass is 16.5. The molecule has 0 spiro atoms. The van der Waals surface area contributed by atoms with Crippen molar-refractivity contribution in [1.82, 2.24) is 24.7 Å². The topological polar surface area (TPSA) is 125 Å². The van der Waals surface area contributed by atoms with E-state index in [1.54, 1.807) is 47.4 Å². The zero-order chi connectivity index (χ0) is 20.1. The molecule has 4 aromatic rings. The number of furan rings is 1. The molecule has 3 heterocycles. The van der Waals surface area contributed by atoms with Gasteiger partial charge in [0.2, 0.25) is 5.88 Å². The van der Waals surface area contributed by atoms with Crippen molar-refractivity contribution >= 4 is 5.97 Å². The Balaban J connectivity index is 1.60. The van der Waals surface area contributed by atoms with Crippen LogP contribution in [0.5, 0.6) is 17.6 Å². The number of aromatic nitrogens is 5. The van der Waals surface area contributed by atoms with E-state index in [1.807, 2.05) is 0 Å². The summed E-state index contributed by atoms with van der Waals surface area (Å²) in [6.45, 7) is 0.697. The number of ether oxygens (including phenoxy) is 2. The van der Waals surface area contributed by atoms with E-state index < -0.39 is 5.97 Å². The highest BCUT2D eigenvalue weighted by molar-refractivity contribution is 5.90. The average molecular weight is 393 g/mol. The van der Waals surface area contributed by atoms with Crippen molar-refractivity contribution in [3.05, 3.63) is 66.9 Å². The number of carbonyl (C=O) groups is 1. The highest BCUT2D eigenvalue weighted by Crippen LogP contribution is 2.29. The third-order valence-electron chi connectivity index (χ3n) is 3.81. The Kier molecular flexibility index (Phi) is 5.14.